The number of ether oxygens (including phenoxy) is 1. The zero-order valence-electron chi connectivity index (χ0n) is 9.21. The van der Waals surface area contributed by atoms with Gasteiger partial charge in [-0.3, -0.25) is 4.79 Å². The minimum Gasteiger partial charge on any atom is -0.484 e. The molecule has 1 aromatic rings. The fourth-order valence-electron chi connectivity index (χ4n) is 1.10. The van der Waals surface area contributed by atoms with Gasteiger partial charge in [-0.25, -0.2) is 8.78 Å². The van der Waals surface area contributed by atoms with Gasteiger partial charge in [0.25, 0.3) is 5.91 Å². The SMILES string of the molecule is NCCCNC(=O)COc1ccc(F)c(F)c1. The monoisotopic (exact) mass is 244 g/mol. The summed E-state index contributed by atoms with van der Waals surface area (Å²) in [5, 5.41) is 2.57. The molecule has 0 heterocycles. The van der Waals surface area contributed by atoms with Crippen LogP contribution in [0.3, 0.4) is 0 Å². The molecule has 0 saturated heterocycles. The second-order valence-corrected chi connectivity index (χ2v) is 3.36. The Balaban J connectivity index is 2.34. The van der Waals surface area contributed by atoms with Crippen LogP contribution >= 0.6 is 0 Å². The molecule has 4 nitrogen and oxygen atoms in total. The molecule has 1 amide bonds. The molecule has 17 heavy (non-hydrogen) atoms. The van der Waals surface area contributed by atoms with Crippen molar-refractivity contribution in [3.05, 3.63) is 29.8 Å². The van der Waals surface area contributed by atoms with E-state index >= 15 is 0 Å². The number of halogens is 2. The molecular formula is C11H14F2N2O2. The van der Waals surface area contributed by atoms with E-state index in [1.165, 1.54) is 6.07 Å². The lowest BCUT2D eigenvalue weighted by atomic mass is 10.3. The van der Waals surface area contributed by atoms with Gasteiger partial charge in [-0.05, 0) is 25.1 Å². The van der Waals surface area contributed by atoms with E-state index in [-0.39, 0.29) is 18.3 Å². The van der Waals surface area contributed by atoms with Crippen LogP contribution in [-0.2, 0) is 4.79 Å². The molecule has 0 bridgehead atoms. The van der Waals surface area contributed by atoms with Crippen LogP contribution in [0.2, 0.25) is 0 Å². The summed E-state index contributed by atoms with van der Waals surface area (Å²) in [4.78, 5) is 11.2. The maximum atomic E-state index is 12.8. The minimum atomic E-state index is -1.01. The van der Waals surface area contributed by atoms with Crippen molar-refractivity contribution >= 4 is 5.91 Å². The first-order valence-corrected chi connectivity index (χ1v) is 5.18. The van der Waals surface area contributed by atoms with Gasteiger partial charge in [0, 0.05) is 12.6 Å². The Kier molecular flexibility index (Phi) is 5.35. The van der Waals surface area contributed by atoms with Crippen molar-refractivity contribution in [1.29, 1.82) is 0 Å². The van der Waals surface area contributed by atoms with E-state index in [1.807, 2.05) is 0 Å². The molecule has 1 aromatic carbocycles. The number of amides is 1. The molecule has 0 aliphatic rings. The van der Waals surface area contributed by atoms with E-state index < -0.39 is 11.6 Å². The standard InChI is InChI=1S/C11H14F2N2O2/c12-9-3-2-8(6-10(9)13)17-7-11(16)15-5-1-4-14/h2-3,6H,1,4-5,7,14H2,(H,15,16). The predicted molar refractivity (Wildman–Crippen MR) is 58.5 cm³/mol. The highest BCUT2D eigenvalue weighted by molar-refractivity contribution is 5.77. The molecule has 0 aliphatic carbocycles. The van der Waals surface area contributed by atoms with Crippen molar-refractivity contribution in [2.75, 3.05) is 19.7 Å². The molecule has 0 unspecified atom stereocenters. The number of hydrogen-bond acceptors (Lipinski definition) is 3. The van der Waals surface area contributed by atoms with Crippen molar-refractivity contribution in [2.24, 2.45) is 5.73 Å². The van der Waals surface area contributed by atoms with Crippen molar-refractivity contribution in [2.45, 2.75) is 6.42 Å². The first kappa shape index (κ1) is 13.4. The molecule has 0 fully saturated rings. The van der Waals surface area contributed by atoms with E-state index in [4.69, 9.17) is 10.5 Å². The maximum absolute atomic E-state index is 12.8. The van der Waals surface area contributed by atoms with Crippen LogP contribution in [0.5, 0.6) is 5.75 Å². The van der Waals surface area contributed by atoms with Crippen LogP contribution in [0.1, 0.15) is 6.42 Å². The van der Waals surface area contributed by atoms with E-state index in [0.29, 0.717) is 19.5 Å². The average Bonchev–Trinajstić information content (AvgIpc) is 2.31. The Morgan fingerprint density at radius 3 is 2.76 bits per heavy atom. The second kappa shape index (κ2) is 6.80. The van der Waals surface area contributed by atoms with Gasteiger partial charge in [0.15, 0.2) is 18.2 Å². The smallest absolute Gasteiger partial charge is 0.257 e. The topological polar surface area (TPSA) is 64.3 Å². The summed E-state index contributed by atoms with van der Waals surface area (Å²) in [7, 11) is 0. The molecule has 0 saturated carbocycles. The Morgan fingerprint density at radius 2 is 2.12 bits per heavy atom. The van der Waals surface area contributed by atoms with Gasteiger partial charge in [-0.15, -0.1) is 0 Å². The number of nitrogens with one attached hydrogen (secondary N) is 1. The first-order valence-electron chi connectivity index (χ1n) is 5.18. The van der Waals surface area contributed by atoms with Gasteiger partial charge < -0.3 is 15.8 Å². The Bertz CT molecular complexity index is 386. The van der Waals surface area contributed by atoms with Crippen LogP contribution in [0.15, 0.2) is 18.2 Å². The Morgan fingerprint density at radius 1 is 1.35 bits per heavy atom. The molecule has 3 N–H and O–H groups in total. The molecule has 0 atom stereocenters. The molecule has 0 spiro atoms. The average molecular weight is 244 g/mol. The van der Waals surface area contributed by atoms with Gasteiger partial charge in [-0.2, -0.15) is 0 Å². The third kappa shape index (κ3) is 4.78. The second-order valence-electron chi connectivity index (χ2n) is 3.36. The summed E-state index contributed by atoms with van der Waals surface area (Å²) in [5.74, 6) is -2.18. The third-order valence-electron chi connectivity index (χ3n) is 1.96. The molecular weight excluding hydrogens is 230 g/mol. The lowest BCUT2D eigenvalue weighted by Crippen LogP contribution is -2.30. The zero-order chi connectivity index (χ0) is 12.7. The third-order valence-corrected chi connectivity index (χ3v) is 1.96. The lowest BCUT2D eigenvalue weighted by Gasteiger charge is -2.07. The van der Waals surface area contributed by atoms with E-state index in [9.17, 15) is 13.6 Å². The largest absolute Gasteiger partial charge is 0.484 e. The predicted octanol–water partition coefficient (Wildman–Crippen LogP) is 0.809. The summed E-state index contributed by atoms with van der Waals surface area (Å²) in [5.41, 5.74) is 5.25. The summed E-state index contributed by atoms with van der Waals surface area (Å²) in [6, 6.07) is 3.09. The van der Waals surface area contributed by atoms with Crippen LogP contribution in [0.25, 0.3) is 0 Å². The molecule has 94 valence electrons. The number of carbonyl (C=O) groups excluding carboxylic acids is 1. The van der Waals surface area contributed by atoms with Crippen LogP contribution in [0.4, 0.5) is 8.78 Å². The minimum absolute atomic E-state index is 0.109. The number of nitrogens with two attached hydrogens (primary N) is 1. The summed E-state index contributed by atoms with van der Waals surface area (Å²) in [6.07, 6.45) is 0.677. The number of rotatable bonds is 6. The molecule has 0 aliphatic heterocycles. The first-order chi connectivity index (χ1) is 8.13. The maximum Gasteiger partial charge on any atom is 0.257 e. The van der Waals surface area contributed by atoms with Crippen LogP contribution in [-0.4, -0.2) is 25.6 Å². The quantitative estimate of drug-likeness (QED) is 0.728. The van der Waals surface area contributed by atoms with Crippen molar-refractivity contribution in [3.8, 4) is 5.75 Å². The fraction of sp³-hybridized carbons (Fsp3) is 0.364. The summed E-state index contributed by atoms with van der Waals surface area (Å²) >= 11 is 0. The highest BCUT2D eigenvalue weighted by Crippen LogP contribution is 2.14. The highest BCUT2D eigenvalue weighted by Gasteiger charge is 2.05. The van der Waals surface area contributed by atoms with Crippen molar-refractivity contribution < 1.29 is 18.3 Å². The van der Waals surface area contributed by atoms with E-state index in [1.54, 1.807) is 0 Å². The molecule has 6 heteroatoms. The number of hydrogen-bond donors (Lipinski definition) is 2. The zero-order valence-corrected chi connectivity index (χ0v) is 9.21. The molecule has 0 radical (unpaired) electrons. The van der Waals surface area contributed by atoms with Gasteiger partial charge in [-0.1, -0.05) is 0 Å². The molecule has 1 rings (SSSR count). The van der Waals surface area contributed by atoms with Crippen molar-refractivity contribution in [3.63, 3.8) is 0 Å². The van der Waals surface area contributed by atoms with Gasteiger partial charge in [0.05, 0.1) is 0 Å². The van der Waals surface area contributed by atoms with Crippen LogP contribution in [0, 0.1) is 11.6 Å². The van der Waals surface area contributed by atoms with Crippen LogP contribution < -0.4 is 15.8 Å². The number of benzene rings is 1. The molecule has 0 aromatic heterocycles. The lowest BCUT2D eigenvalue weighted by molar-refractivity contribution is -0.123. The Labute approximate surface area is 97.8 Å². The highest BCUT2D eigenvalue weighted by atomic mass is 19.2. The van der Waals surface area contributed by atoms with Gasteiger partial charge in [0.1, 0.15) is 5.75 Å². The Hall–Kier alpha value is -1.69. The fourth-order valence-corrected chi connectivity index (χ4v) is 1.10. The van der Waals surface area contributed by atoms with Gasteiger partial charge >= 0.3 is 0 Å². The number of carbonyl (C=O) groups is 1. The van der Waals surface area contributed by atoms with E-state index in [0.717, 1.165) is 12.1 Å². The normalized spacial score (nSPS) is 10.1. The van der Waals surface area contributed by atoms with Gasteiger partial charge in [0.2, 0.25) is 0 Å². The van der Waals surface area contributed by atoms with Crippen molar-refractivity contribution in [1.82, 2.24) is 5.32 Å². The van der Waals surface area contributed by atoms with E-state index in [2.05, 4.69) is 5.32 Å². The summed E-state index contributed by atoms with van der Waals surface area (Å²) in [6.45, 7) is 0.719. The summed E-state index contributed by atoms with van der Waals surface area (Å²) < 4.78 is 30.3.